The van der Waals surface area contributed by atoms with Gasteiger partial charge < -0.3 is 10.1 Å². The van der Waals surface area contributed by atoms with E-state index in [2.05, 4.69) is 10.7 Å². The maximum absolute atomic E-state index is 13.2. The number of hydrazine groups is 1. The van der Waals surface area contributed by atoms with Crippen LogP contribution in [0.3, 0.4) is 0 Å². The molecule has 0 radical (unpaired) electrons. The number of hydrogen-bond acceptors (Lipinski definition) is 4. The van der Waals surface area contributed by atoms with Gasteiger partial charge in [-0.25, -0.2) is 5.01 Å². The first-order chi connectivity index (χ1) is 14.5. The number of benzene rings is 3. The smallest absolute Gasteiger partial charge is 0.279 e. The average molecular weight is 401 g/mol. The molecule has 1 aliphatic rings. The van der Waals surface area contributed by atoms with Crippen molar-refractivity contribution < 1.29 is 14.3 Å². The standard InChI is InChI=1S/C24H23N3O3/c1-16-10-6-9-15-21(16)30-17(2)23(28)26-27-22(18-11-4-3-5-12-18)25-20-14-8-7-13-19(20)24(27)29/h3-15,17,22,25H,1-2H3,(H,26,28). The maximum atomic E-state index is 13.2. The number of nitrogens with zero attached hydrogens (tertiary/aromatic N) is 1. The summed E-state index contributed by atoms with van der Waals surface area (Å²) in [7, 11) is 0. The van der Waals surface area contributed by atoms with Gasteiger partial charge in [0.25, 0.3) is 11.8 Å². The van der Waals surface area contributed by atoms with Gasteiger partial charge >= 0.3 is 0 Å². The van der Waals surface area contributed by atoms with Crippen LogP contribution in [0.15, 0.2) is 78.9 Å². The molecule has 4 rings (SSSR count). The van der Waals surface area contributed by atoms with Gasteiger partial charge in [-0.05, 0) is 43.2 Å². The largest absolute Gasteiger partial charge is 0.481 e. The summed E-state index contributed by atoms with van der Waals surface area (Å²) in [5, 5.41) is 4.68. The SMILES string of the molecule is Cc1ccccc1OC(C)C(=O)NN1C(=O)c2ccccc2NC1c1ccccc1. The van der Waals surface area contributed by atoms with Crippen LogP contribution < -0.4 is 15.5 Å². The number of rotatable bonds is 5. The normalized spacial score (nSPS) is 16.3. The first kappa shape index (κ1) is 19.5. The fraction of sp³-hybridized carbons (Fsp3) is 0.167. The van der Waals surface area contributed by atoms with Crippen molar-refractivity contribution in [2.24, 2.45) is 0 Å². The third kappa shape index (κ3) is 3.85. The number of nitrogens with one attached hydrogen (secondary N) is 2. The van der Waals surface area contributed by atoms with Gasteiger partial charge in [0.2, 0.25) is 0 Å². The van der Waals surface area contributed by atoms with Crippen molar-refractivity contribution in [3.05, 3.63) is 95.6 Å². The van der Waals surface area contributed by atoms with Gasteiger partial charge in [-0.2, -0.15) is 0 Å². The van der Waals surface area contributed by atoms with Gasteiger partial charge in [0.05, 0.1) is 5.56 Å². The Kier molecular flexibility index (Phi) is 5.39. The number of aryl methyl sites for hydroxylation is 1. The van der Waals surface area contributed by atoms with Gasteiger partial charge in [-0.1, -0.05) is 60.7 Å². The Hall–Kier alpha value is -3.80. The van der Waals surface area contributed by atoms with E-state index in [1.54, 1.807) is 19.1 Å². The molecule has 1 aliphatic heterocycles. The Labute approximate surface area is 175 Å². The molecule has 30 heavy (non-hydrogen) atoms. The van der Waals surface area contributed by atoms with E-state index in [1.807, 2.05) is 73.7 Å². The summed E-state index contributed by atoms with van der Waals surface area (Å²) >= 11 is 0. The molecule has 3 aromatic rings. The van der Waals surface area contributed by atoms with Crippen molar-refractivity contribution in [2.75, 3.05) is 5.32 Å². The number of anilines is 1. The summed E-state index contributed by atoms with van der Waals surface area (Å²) < 4.78 is 5.82. The third-order valence-electron chi connectivity index (χ3n) is 5.04. The Morgan fingerprint density at radius 3 is 2.43 bits per heavy atom. The number of para-hydroxylation sites is 2. The van der Waals surface area contributed by atoms with E-state index in [9.17, 15) is 9.59 Å². The topological polar surface area (TPSA) is 70.7 Å². The van der Waals surface area contributed by atoms with E-state index in [0.717, 1.165) is 16.8 Å². The van der Waals surface area contributed by atoms with Crippen LogP contribution in [0.4, 0.5) is 5.69 Å². The summed E-state index contributed by atoms with van der Waals surface area (Å²) in [5.74, 6) is -0.0587. The summed E-state index contributed by atoms with van der Waals surface area (Å²) in [6.45, 7) is 3.58. The molecule has 0 fully saturated rings. The molecular weight excluding hydrogens is 378 g/mol. The lowest BCUT2D eigenvalue weighted by molar-refractivity contribution is -0.132. The molecule has 3 aromatic carbocycles. The molecule has 1 heterocycles. The molecule has 0 aromatic heterocycles. The monoisotopic (exact) mass is 401 g/mol. The zero-order chi connectivity index (χ0) is 21.1. The van der Waals surface area contributed by atoms with Crippen LogP contribution in [0.1, 0.15) is 34.6 Å². The molecule has 152 valence electrons. The highest BCUT2D eigenvalue weighted by Gasteiger charge is 2.35. The molecule has 2 N–H and O–H groups in total. The molecule has 6 nitrogen and oxygen atoms in total. The molecule has 0 saturated carbocycles. The maximum Gasteiger partial charge on any atom is 0.279 e. The first-order valence-corrected chi connectivity index (χ1v) is 9.81. The second-order valence-corrected chi connectivity index (χ2v) is 7.18. The molecule has 2 unspecified atom stereocenters. The van der Waals surface area contributed by atoms with Crippen molar-refractivity contribution in [3.8, 4) is 5.75 Å². The van der Waals surface area contributed by atoms with Crippen molar-refractivity contribution >= 4 is 17.5 Å². The summed E-state index contributed by atoms with van der Waals surface area (Å²) in [4.78, 5) is 26.1. The number of carbonyl (C=O) groups excluding carboxylic acids is 2. The summed E-state index contributed by atoms with van der Waals surface area (Å²) in [6.07, 6.45) is -1.32. The molecule has 2 atom stereocenters. The fourth-order valence-electron chi connectivity index (χ4n) is 3.38. The third-order valence-corrected chi connectivity index (χ3v) is 5.04. The number of amides is 2. The lowest BCUT2D eigenvalue weighted by Crippen LogP contribution is -2.55. The van der Waals surface area contributed by atoms with Crippen molar-refractivity contribution in [2.45, 2.75) is 26.1 Å². The number of carbonyl (C=O) groups is 2. The van der Waals surface area contributed by atoms with Gasteiger partial charge in [-0.15, -0.1) is 0 Å². The zero-order valence-corrected chi connectivity index (χ0v) is 16.8. The molecule has 2 amide bonds. The summed E-state index contributed by atoms with van der Waals surface area (Å²) in [5.41, 5.74) is 5.77. The highest BCUT2D eigenvalue weighted by molar-refractivity contribution is 6.02. The molecule has 0 bridgehead atoms. The molecule has 0 spiro atoms. The minimum Gasteiger partial charge on any atom is -0.481 e. The van der Waals surface area contributed by atoms with Crippen molar-refractivity contribution in [3.63, 3.8) is 0 Å². The zero-order valence-electron chi connectivity index (χ0n) is 16.8. The minimum absolute atomic E-state index is 0.283. The lowest BCUT2D eigenvalue weighted by atomic mass is 10.1. The second-order valence-electron chi connectivity index (χ2n) is 7.18. The number of ether oxygens (including phenoxy) is 1. The molecule has 0 saturated heterocycles. The minimum atomic E-state index is -0.785. The van der Waals surface area contributed by atoms with Crippen LogP contribution in [0.2, 0.25) is 0 Å². The van der Waals surface area contributed by atoms with E-state index in [1.165, 1.54) is 5.01 Å². The molecular formula is C24H23N3O3. The lowest BCUT2D eigenvalue weighted by Gasteiger charge is -2.38. The van der Waals surface area contributed by atoms with Crippen LogP contribution in [-0.2, 0) is 4.79 Å². The van der Waals surface area contributed by atoms with E-state index in [4.69, 9.17) is 4.74 Å². The fourth-order valence-corrected chi connectivity index (χ4v) is 3.38. The Morgan fingerprint density at radius 1 is 1.00 bits per heavy atom. The van der Waals surface area contributed by atoms with E-state index in [0.29, 0.717) is 11.3 Å². The highest BCUT2D eigenvalue weighted by Crippen LogP contribution is 2.31. The van der Waals surface area contributed by atoms with Gasteiger partial charge in [0.1, 0.15) is 11.9 Å². The second kappa shape index (κ2) is 8.29. The van der Waals surface area contributed by atoms with Crippen LogP contribution in [0, 0.1) is 6.92 Å². The van der Waals surface area contributed by atoms with E-state index in [-0.39, 0.29) is 5.91 Å². The first-order valence-electron chi connectivity index (χ1n) is 9.81. The van der Waals surface area contributed by atoms with Crippen molar-refractivity contribution in [1.29, 1.82) is 0 Å². The Morgan fingerprint density at radius 2 is 1.67 bits per heavy atom. The molecule has 6 heteroatoms. The van der Waals surface area contributed by atoms with Crippen LogP contribution in [0.25, 0.3) is 0 Å². The quantitative estimate of drug-likeness (QED) is 0.676. The van der Waals surface area contributed by atoms with Gasteiger partial charge in [0, 0.05) is 5.69 Å². The van der Waals surface area contributed by atoms with E-state index < -0.39 is 18.2 Å². The van der Waals surface area contributed by atoms with Crippen molar-refractivity contribution in [1.82, 2.24) is 10.4 Å². The Balaban J connectivity index is 1.59. The highest BCUT2D eigenvalue weighted by atomic mass is 16.5. The number of fused-ring (bicyclic) bond motifs is 1. The summed E-state index contributed by atoms with van der Waals surface area (Å²) in [6, 6.07) is 24.3. The molecule has 0 aliphatic carbocycles. The van der Waals surface area contributed by atoms with Crippen LogP contribution >= 0.6 is 0 Å². The number of hydrogen-bond donors (Lipinski definition) is 2. The predicted molar refractivity (Wildman–Crippen MR) is 115 cm³/mol. The van der Waals surface area contributed by atoms with E-state index >= 15 is 0 Å². The van der Waals surface area contributed by atoms with Gasteiger partial charge in [-0.3, -0.25) is 15.0 Å². The Bertz CT molecular complexity index is 1070. The van der Waals surface area contributed by atoms with Crippen LogP contribution in [0.5, 0.6) is 5.75 Å². The van der Waals surface area contributed by atoms with Crippen LogP contribution in [-0.4, -0.2) is 22.9 Å². The average Bonchev–Trinajstić information content (AvgIpc) is 2.77. The van der Waals surface area contributed by atoms with Gasteiger partial charge in [0.15, 0.2) is 6.10 Å². The predicted octanol–water partition coefficient (Wildman–Crippen LogP) is 4.06.